The average Bonchev–Trinajstić information content (AvgIpc) is 3.07. The van der Waals surface area contributed by atoms with Crippen LogP contribution in [0.4, 0.5) is 8.78 Å². The van der Waals surface area contributed by atoms with Crippen molar-refractivity contribution in [2.45, 2.75) is 58.2 Å². The van der Waals surface area contributed by atoms with Crippen LogP contribution in [-0.2, 0) is 43.4 Å². The van der Waals surface area contributed by atoms with E-state index in [0.29, 0.717) is 11.1 Å². The number of halogens is 2. The fraction of sp³-hybridized carbons (Fsp3) is 0.619. The maximum Gasteiger partial charge on any atom is 0.315 e. The average molecular weight is 492 g/mol. The van der Waals surface area contributed by atoms with Crippen molar-refractivity contribution < 1.29 is 40.8 Å². The maximum atomic E-state index is 13.2. The topological polar surface area (TPSA) is 107 Å². The summed E-state index contributed by atoms with van der Waals surface area (Å²) in [6, 6.07) is 3.35. The summed E-state index contributed by atoms with van der Waals surface area (Å²) >= 11 is 0. The third-order valence-electron chi connectivity index (χ3n) is 5.74. The molecule has 34 heavy (non-hydrogen) atoms. The predicted molar refractivity (Wildman–Crippen MR) is 123 cm³/mol. The van der Waals surface area contributed by atoms with Gasteiger partial charge >= 0.3 is 11.9 Å². The standard InChI is InChI=1S/C21H25B3F2O7S/c1-21(2)5-14(19(27)32-16(18(25)26)10-34(29,30)31)15(6-21)20(28)33-17-12(8-23)3-11(7-22)4-13(17)9-24/h3-4,14-16,18H,5-10H2,1-2H3,(H,29,30,31). The third-order valence-corrected chi connectivity index (χ3v) is 6.49. The second kappa shape index (κ2) is 11.2. The molecule has 3 atom stereocenters. The Balaban J connectivity index is 2.31. The molecule has 0 aliphatic heterocycles. The van der Waals surface area contributed by atoms with Crippen molar-refractivity contribution in [3.63, 3.8) is 0 Å². The Labute approximate surface area is 202 Å². The van der Waals surface area contributed by atoms with E-state index in [-0.39, 0.29) is 37.6 Å². The van der Waals surface area contributed by atoms with Crippen LogP contribution in [0.1, 0.15) is 43.4 Å². The smallest absolute Gasteiger partial charge is 0.315 e. The normalized spacial score (nSPS) is 20.8. The highest BCUT2D eigenvalue weighted by atomic mass is 32.2. The van der Waals surface area contributed by atoms with Gasteiger partial charge < -0.3 is 9.47 Å². The molecule has 0 heterocycles. The molecule has 13 heteroatoms. The summed E-state index contributed by atoms with van der Waals surface area (Å²) in [5.74, 6) is -5.47. The van der Waals surface area contributed by atoms with Gasteiger partial charge in [-0.3, -0.25) is 14.1 Å². The highest BCUT2D eigenvalue weighted by Gasteiger charge is 2.49. The van der Waals surface area contributed by atoms with Crippen molar-refractivity contribution in [3.8, 4) is 5.75 Å². The van der Waals surface area contributed by atoms with Gasteiger partial charge in [-0.05, 0) is 29.4 Å². The number of hydrogen-bond donors (Lipinski definition) is 1. The molecule has 0 spiro atoms. The number of ether oxygens (including phenoxy) is 2. The van der Waals surface area contributed by atoms with Gasteiger partial charge in [0.05, 0.1) is 35.4 Å². The minimum atomic E-state index is -4.83. The number of alkyl halides is 2. The molecule has 1 aromatic rings. The van der Waals surface area contributed by atoms with E-state index in [0.717, 1.165) is 5.56 Å². The summed E-state index contributed by atoms with van der Waals surface area (Å²) in [6.45, 7) is 3.58. The molecule has 1 saturated carbocycles. The first-order valence-corrected chi connectivity index (χ1v) is 12.2. The second-order valence-corrected chi connectivity index (χ2v) is 10.6. The van der Waals surface area contributed by atoms with Gasteiger partial charge in [0.15, 0.2) is 6.10 Å². The van der Waals surface area contributed by atoms with Crippen LogP contribution >= 0.6 is 0 Å². The first-order valence-electron chi connectivity index (χ1n) is 10.6. The summed E-state index contributed by atoms with van der Waals surface area (Å²) in [7, 11) is 12.4. The van der Waals surface area contributed by atoms with E-state index in [1.54, 1.807) is 26.0 Å². The van der Waals surface area contributed by atoms with Gasteiger partial charge in [-0.25, -0.2) is 8.78 Å². The molecule has 6 radical (unpaired) electrons. The van der Waals surface area contributed by atoms with Crippen molar-refractivity contribution in [3.05, 3.63) is 28.8 Å². The second-order valence-electron chi connectivity index (χ2n) is 9.12. The summed E-state index contributed by atoms with van der Waals surface area (Å²) in [5.41, 5.74) is 1.17. The van der Waals surface area contributed by atoms with Crippen LogP contribution in [0.2, 0.25) is 0 Å². The van der Waals surface area contributed by atoms with Crippen molar-refractivity contribution >= 4 is 45.6 Å². The van der Waals surface area contributed by atoms with Crippen molar-refractivity contribution in [2.24, 2.45) is 17.3 Å². The number of rotatable bonds is 10. The lowest BCUT2D eigenvalue weighted by molar-refractivity contribution is -0.164. The van der Waals surface area contributed by atoms with Crippen LogP contribution in [0, 0.1) is 17.3 Å². The summed E-state index contributed by atoms with van der Waals surface area (Å²) in [5, 5.41) is 0. The molecule has 0 amide bonds. The minimum Gasteiger partial charge on any atom is -0.455 e. The molecule has 180 valence electrons. The van der Waals surface area contributed by atoms with Crippen LogP contribution in [0.25, 0.3) is 0 Å². The summed E-state index contributed by atoms with van der Waals surface area (Å²) in [4.78, 5) is 25.9. The molecule has 1 aliphatic carbocycles. The molecule has 0 bridgehead atoms. The SMILES string of the molecule is [B]Cc1cc(C[B])c(OC(=O)C2CC(C)(C)CC2C(=O)OC(CS(=O)(=O)O)C(F)F)c(C[B])c1. The Bertz CT molecular complexity index is 993. The van der Waals surface area contributed by atoms with E-state index < -0.39 is 57.6 Å². The highest BCUT2D eigenvalue weighted by molar-refractivity contribution is 7.85. The lowest BCUT2D eigenvalue weighted by atomic mass is 9.85. The molecular formula is C21H25B3F2O7S. The van der Waals surface area contributed by atoms with Crippen molar-refractivity contribution in [2.75, 3.05) is 5.75 Å². The first-order chi connectivity index (χ1) is 15.7. The van der Waals surface area contributed by atoms with Crippen molar-refractivity contribution in [1.82, 2.24) is 0 Å². The Morgan fingerprint density at radius 2 is 1.56 bits per heavy atom. The van der Waals surface area contributed by atoms with Crippen LogP contribution in [0.5, 0.6) is 5.75 Å². The minimum absolute atomic E-state index is 0.0246. The molecule has 2 rings (SSSR count). The molecule has 1 fully saturated rings. The van der Waals surface area contributed by atoms with E-state index in [9.17, 15) is 26.8 Å². The molecule has 0 aromatic heterocycles. The van der Waals surface area contributed by atoms with Crippen LogP contribution < -0.4 is 4.74 Å². The van der Waals surface area contributed by atoms with Gasteiger partial charge in [0, 0.05) is 0 Å². The van der Waals surface area contributed by atoms with E-state index in [2.05, 4.69) is 0 Å². The highest BCUT2D eigenvalue weighted by Crippen LogP contribution is 2.46. The number of esters is 2. The summed E-state index contributed by atoms with van der Waals surface area (Å²) in [6.07, 6.45) is -5.15. The van der Waals surface area contributed by atoms with Gasteiger partial charge in [0.1, 0.15) is 11.5 Å². The third kappa shape index (κ3) is 7.31. The number of hydrogen-bond acceptors (Lipinski definition) is 6. The van der Waals surface area contributed by atoms with Gasteiger partial charge in [-0.15, -0.1) is 0 Å². The van der Waals surface area contributed by atoms with E-state index in [4.69, 9.17) is 37.6 Å². The zero-order valence-electron chi connectivity index (χ0n) is 19.0. The molecule has 1 N–H and O–H groups in total. The van der Waals surface area contributed by atoms with Crippen LogP contribution in [0.15, 0.2) is 12.1 Å². The number of carbonyl (C=O) groups excluding carboxylic acids is 2. The largest absolute Gasteiger partial charge is 0.455 e. The number of carbonyl (C=O) groups is 2. The molecule has 1 aromatic carbocycles. The lowest BCUT2D eigenvalue weighted by Crippen LogP contribution is -2.37. The maximum absolute atomic E-state index is 13.2. The fourth-order valence-corrected chi connectivity index (χ4v) is 4.84. The van der Waals surface area contributed by atoms with E-state index in [1.807, 2.05) is 0 Å². The van der Waals surface area contributed by atoms with Crippen LogP contribution in [-0.4, -0.2) is 66.7 Å². The molecule has 0 saturated heterocycles. The Morgan fingerprint density at radius 3 is 1.97 bits per heavy atom. The summed E-state index contributed by atoms with van der Waals surface area (Å²) < 4.78 is 67.7. The Hall–Kier alpha value is -1.88. The van der Waals surface area contributed by atoms with E-state index in [1.165, 1.54) is 0 Å². The van der Waals surface area contributed by atoms with E-state index >= 15 is 0 Å². The zero-order valence-corrected chi connectivity index (χ0v) is 19.8. The van der Waals surface area contributed by atoms with Gasteiger partial charge in [-0.2, -0.15) is 8.42 Å². The monoisotopic (exact) mass is 492 g/mol. The predicted octanol–water partition coefficient (Wildman–Crippen LogP) is 1.71. The Kier molecular flexibility index (Phi) is 9.38. The van der Waals surface area contributed by atoms with Crippen LogP contribution in [0.3, 0.4) is 0 Å². The molecule has 7 nitrogen and oxygen atoms in total. The van der Waals surface area contributed by atoms with Gasteiger partial charge in [0.2, 0.25) is 0 Å². The van der Waals surface area contributed by atoms with Gasteiger partial charge in [0.25, 0.3) is 16.5 Å². The Morgan fingerprint density at radius 1 is 1.06 bits per heavy atom. The zero-order chi connectivity index (χ0) is 25.8. The van der Waals surface area contributed by atoms with Crippen molar-refractivity contribution in [1.29, 1.82) is 0 Å². The number of benzene rings is 1. The molecule has 1 aliphatic rings. The van der Waals surface area contributed by atoms with Gasteiger partial charge in [-0.1, -0.05) is 50.5 Å². The first kappa shape index (κ1) is 28.4. The fourth-order valence-electron chi connectivity index (χ4n) is 4.21. The molecule has 3 unspecified atom stereocenters. The lowest BCUT2D eigenvalue weighted by Gasteiger charge is -2.22. The molecular weight excluding hydrogens is 467 g/mol. The quantitative estimate of drug-likeness (QED) is 0.230.